The Morgan fingerprint density at radius 3 is 3.11 bits per heavy atom. The van der Waals surface area contributed by atoms with Gasteiger partial charge in [-0.3, -0.25) is 4.79 Å². The number of piperidine rings is 1. The molecule has 0 spiro atoms. The van der Waals surface area contributed by atoms with E-state index >= 15 is 0 Å². The Bertz CT molecular complexity index is 420. The zero-order valence-electron chi connectivity index (χ0n) is 10.8. The molecule has 4 nitrogen and oxygen atoms in total. The van der Waals surface area contributed by atoms with E-state index in [2.05, 4.69) is 6.07 Å². The minimum Gasteiger partial charge on any atom is -0.497 e. The van der Waals surface area contributed by atoms with Crippen LogP contribution in [-0.2, 0) is 11.2 Å². The second-order valence-corrected chi connectivity index (χ2v) is 4.68. The van der Waals surface area contributed by atoms with Crippen molar-refractivity contribution in [3.8, 4) is 5.75 Å². The van der Waals surface area contributed by atoms with E-state index in [0.717, 1.165) is 38.1 Å². The van der Waals surface area contributed by atoms with Crippen LogP contribution in [0, 0.1) is 0 Å². The molecule has 2 N–H and O–H groups in total. The van der Waals surface area contributed by atoms with Crippen LogP contribution in [0.1, 0.15) is 18.4 Å². The maximum absolute atomic E-state index is 11.8. The molecular weight excluding hydrogens is 228 g/mol. The number of ether oxygens (including phenoxy) is 1. The predicted octanol–water partition coefficient (Wildman–Crippen LogP) is 1.19. The summed E-state index contributed by atoms with van der Waals surface area (Å²) in [6, 6.07) is 7.65. The van der Waals surface area contributed by atoms with E-state index in [-0.39, 0.29) is 11.9 Å². The lowest BCUT2D eigenvalue weighted by Crippen LogP contribution is -2.48. The van der Waals surface area contributed by atoms with Gasteiger partial charge in [-0.1, -0.05) is 12.1 Å². The first-order chi connectivity index (χ1) is 8.70. The van der Waals surface area contributed by atoms with E-state index in [0.29, 0.717) is 0 Å². The average Bonchev–Trinajstić information content (AvgIpc) is 2.41. The fraction of sp³-hybridized carbons (Fsp3) is 0.500. The molecule has 0 aromatic heterocycles. The minimum atomic E-state index is -0.302. The zero-order valence-corrected chi connectivity index (χ0v) is 10.8. The summed E-state index contributed by atoms with van der Waals surface area (Å²) in [6.07, 6.45) is 2.66. The summed E-state index contributed by atoms with van der Waals surface area (Å²) in [6.45, 7) is 1.57. The van der Waals surface area contributed by atoms with E-state index in [9.17, 15) is 4.79 Å². The molecule has 1 aliphatic heterocycles. The van der Waals surface area contributed by atoms with Crippen molar-refractivity contribution in [1.82, 2.24) is 4.90 Å². The van der Waals surface area contributed by atoms with Crippen molar-refractivity contribution in [3.63, 3.8) is 0 Å². The van der Waals surface area contributed by atoms with Crippen LogP contribution in [0.4, 0.5) is 0 Å². The number of hydrogen-bond acceptors (Lipinski definition) is 3. The summed E-state index contributed by atoms with van der Waals surface area (Å²) in [5.41, 5.74) is 6.95. The molecule has 1 saturated heterocycles. The van der Waals surface area contributed by atoms with Crippen molar-refractivity contribution in [2.45, 2.75) is 25.3 Å². The number of nitrogens with zero attached hydrogens (tertiary/aromatic N) is 1. The Morgan fingerprint density at radius 2 is 2.33 bits per heavy atom. The lowest BCUT2D eigenvalue weighted by atomic mass is 10.0. The van der Waals surface area contributed by atoms with Crippen LogP contribution in [0.25, 0.3) is 0 Å². The monoisotopic (exact) mass is 248 g/mol. The quantitative estimate of drug-likeness (QED) is 0.870. The summed E-state index contributed by atoms with van der Waals surface area (Å²) in [7, 11) is 1.66. The molecule has 1 unspecified atom stereocenters. The number of carbonyl (C=O) groups excluding carboxylic acids is 1. The van der Waals surface area contributed by atoms with Gasteiger partial charge >= 0.3 is 0 Å². The summed E-state index contributed by atoms with van der Waals surface area (Å²) < 4.78 is 5.18. The summed E-state index contributed by atoms with van der Waals surface area (Å²) in [4.78, 5) is 13.7. The van der Waals surface area contributed by atoms with Crippen LogP contribution in [-0.4, -0.2) is 37.0 Å². The van der Waals surface area contributed by atoms with Crippen molar-refractivity contribution in [3.05, 3.63) is 29.8 Å². The molecule has 2 rings (SSSR count). The second-order valence-electron chi connectivity index (χ2n) is 4.68. The van der Waals surface area contributed by atoms with Crippen molar-refractivity contribution >= 4 is 5.91 Å². The van der Waals surface area contributed by atoms with Crippen molar-refractivity contribution in [2.75, 3.05) is 20.2 Å². The molecule has 0 bridgehead atoms. The molecule has 18 heavy (non-hydrogen) atoms. The van der Waals surface area contributed by atoms with E-state index < -0.39 is 0 Å². The largest absolute Gasteiger partial charge is 0.497 e. The molecule has 1 fully saturated rings. The van der Waals surface area contributed by atoms with Crippen LogP contribution in [0.2, 0.25) is 0 Å². The van der Waals surface area contributed by atoms with Crippen molar-refractivity contribution in [1.29, 1.82) is 0 Å². The van der Waals surface area contributed by atoms with Gasteiger partial charge in [-0.15, -0.1) is 0 Å². The van der Waals surface area contributed by atoms with Gasteiger partial charge < -0.3 is 15.4 Å². The molecule has 1 aliphatic rings. The van der Waals surface area contributed by atoms with E-state index in [1.165, 1.54) is 5.56 Å². The van der Waals surface area contributed by atoms with Crippen LogP contribution in [0.15, 0.2) is 24.3 Å². The molecular formula is C14H20N2O2. The Kier molecular flexibility index (Phi) is 4.20. The minimum absolute atomic E-state index is 0.0872. The molecule has 4 heteroatoms. The molecule has 1 amide bonds. The van der Waals surface area contributed by atoms with Gasteiger partial charge in [0.1, 0.15) is 5.75 Å². The highest BCUT2D eigenvalue weighted by molar-refractivity contribution is 5.82. The highest BCUT2D eigenvalue weighted by Gasteiger charge is 2.24. The third-order valence-electron chi connectivity index (χ3n) is 3.38. The van der Waals surface area contributed by atoms with Crippen LogP contribution < -0.4 is 10.5 Å². The van der Waals surface area contributed by atoms with Gasteiger partial charge in [0.05, 0.1) is 13.2 Å². The van der Waals surface area contributed by atoms with Gasteiger partial charge in [-0.25, -0.2) is 0 Å². The number of nitrogens with two attached hydrogens (primary N) is 1. The van der Waals surface area contributed by atoms with Gasteiger partial charge in [0, 0.05) is 13.1 Å². The van der Waals surface area contributed by atoms with Crippen LogP contribution in [0.5, 0.6) is 5.75 Å². The average molecular weight is 248 g/mol. The lowest BCUT2D eigenvalue weighted by Gasteiger charge is -2.30. The lowest BCUT2D eigenvalue weighted by molar-refractivity contribution is -0.134. The smallest absolute Gasteiger partial charge is 0.239 e. The fourth-order valence-electron chi connectivity index (χ4n) is 2.28. The van der Waals surface area contributed by atoms with E-state index in [4.69, 9.17) is 10.5 Å². The Morgan fingerprint density at radius 1 is 1.50 bits per heavy atom. The summed E-state index contributed by atoms with van der Waals surface area (Å²) >= 11 is 0. The molecule has 1 aromatic rings. The van der Waals surface area contributed by atoms with Crippen LogP contribution in [0.3, 0.4) is 0 Å². The van der Waals surface area contributed by atoms with Gasteiger partial charge in [-0.05, 0) is 37.0 Å². The van der Waals surface area contributed by atoms with Gasteiger partial charge in [0.15, 0.2) is 0 Å². The topological polar surface area (TPSA) is 55.6 Å². The molecule has 0 aliphatic carbocycles. The normalized spacial score (nSPS) is 20.0. The molecule has 1 atom stereocenters. The third-order valence-corrected chi connectivity index (χ3v) is 3.38. The van der Waals surface area contributed by atoms with Gasteiger partial charge in [0.2, 0.25) is 5.91 Å². The molecule has 1 heterocycles. The highest BCUT2D eigenvalue weighted by Crippen LogP contribution is 2.15. The fourth-order valence-corrected chi connectivity index (χ4v) is 2.28. The SMILES string of the molecule is COc1cccc(CCN2CCCC(N)C2=O)c1. The Balaban J connectivity index is 1.92. The predicted molar refractivity (Wildman–Crippen MR) is 70.5 cm³/mol. The number of rotatable bonds is 4. The molecule has 0 radical (unpaired) electrons. The van der Waals surface area contributed by atoms with E-state index in [1.54, 1.807) is 7.11 Å². The first-order valence-electron chi connectivity index (χ1n) is 6.38. The highest BCUT2D eigenvalue weighted by atomic mass is 16.5. The maximum Gasteiger partial charge on any atom is 0.239 e. The Labute approximate surface area is 108 Å². The number of likely N-dealkylation sites (tertiary alicyclic amines) is 1. The van der Waals surface area contributed by atoms with Gasteiger partial charge in [-0.2, -0.15) is 0 Å². The number of methoxy groups -OCH3 is 1. The maximum atomic E-state index is 11.8. The Hall–Kier alpha value is -1.55. The molecule has 0 saturated carbocycles. The number of benzene rings is 1. The standard InChI is InChI=1S/C14H20N2O2/c1-18-12-5-2-4-11(10-12)7-9-16-8-3-6-13(15)14(16)17/h2,4-5,10,13H,3,6-9,15H2,1H3. The molecule has 1 aromatic carbocycles. The van der Waals surface area contributed by atoms with Crippen molar-refractivity contribution < 1.29 is 9.53 Å². The second kappa shape index (κ2) is 5.87. The van der Waals surface area contributed by atoms with Gasteiger partial charge in [0.25, 0.3) is 0 Å². The van der Waals surface area contributed by atoms with Crippen molar-refractivity contribution in [2.24, 2.45) is 5.73 Å². The zero-order chi connectivity index (χ0) is 13.0. The summed E-state index contributed by atoms with van der Waals surface area (Å²) in [5.74, 6) is 0.943. The first kappa shape index (κ1) is 12.9. The summed E-state index contributed by atoms with van der Waals surface area (Å²) in [5, 5.41) is 0. The van der Waals surface area contributed by atoms with E-state index in [1.807, 2.05) is 23.1 Å². The number of carbonyl (C=O) groups is 1. The van der Waals surface area contributed by atoms with Crippen LogP contribution >= 0.6 is 0 Å². The molecule has 98 valence electrons. The first-order valence-corrected chi connectivity index (χ1v) is 6.38. The number of amides is 1. The third kappa shape index (κ3) is 3.01. The number of hydrogen-bond donors (Lipinski definition) is 1.